The van der Waals surface area contributed by atoms with Gasteiger partial charge < -0.3 is 14.6 Å². The van der Waals surface area contributed by atoms with E-state index in [1.54, 1.807) is 11.8 Å². The van der Waals surface area contributed by atoms with Gasteiger partial charge in [0.25, 0.3) is 0 Å². The zero-order valence-electron chi connectivity index (χ0n) is 13.0. The van der Waals surface area contributed by atoms with Crippen molar-refractivity contribution < 1.29 is 19.4 Å². The summed E-state index contributed by atoms with van der Waals surface area (Å²) in [6, 6.07) is -0.114. The zero-order chi connectivity index (χ0) is 15.6. The van der Waals surface area contributed by atoms with Crippen LogP contribution in [0.4, 0.5) is 0 Å². The predicted molar refractivity (Wildman–Crippen MR) is 76.3 cm³/mol. The maximum Gasteiger partial charge on any atom is 0.310 e. The highest BCUT2D eigenvalue weighted by molar-refractivity contribution is 5.71. The fraction of sp³-hybridized carbons (Fsp3) is 0.714. The average molecular weight is 297 g/mol. The SMILES string of the molecule is CCN(Cc1c(C)nn(C)c1OC)C1COCC1C(=O)O. The molecule has 1 aliphatic rings. The van der Waals surface area contributed by atoms with Crippen LogP contribution in [0.3, 0.4) is 0 Å². The molecule has 0 amide bonds. The van der Waals surface area contributed by atoms with Gasteiger partial charge in [0.1, 0.15) is 0 Å². The van der Waals surface area contributed by atoms with Crippen molar-refractivity contribution >= 4 is 5.97 Å². The Hall–Kier alpha value is -1.60. The molecule has 118 valence electrons. The van der Waals surface area contributed by atoms with Gasteiger partial charge in [-0.05, 0) is 13.5 Å². The summed E-state index contributed by atoms with van der Waals surface area (Å²) in [4.78, 5) is 13.5. The maximum atomic E-state index is 11.3. The van der Waals surface area contributed by atoms with E-state index in [0.29, 0.717) is 13.2 Å². The van der Waals surface area contributed by atoms with E-state index < -0.39 is 11.9 Å². The number of aryl methyl sites for hydroxylation is 2. The number of hydrogen-bond donors (Lipinski definition) is 1. The summed E-state index contributed by atoms with van der Waals surface area (Å²) in [5.41, 5.74) is 1.90. The van der Waals surface area contributed by atoms with Gasteiger partial charge in [-0.1, -0.05) is 6.92 Å². The number of rotatable bonds is 6. The van der Waals surface area contributed by atoms with Crippen LogP contribution in [-0.4, -0.2) is 58.7 Å². The Morgan fingerprint density at radius 1 is 1.57 bits per heavy atom. The van der Waals surface area contributed by atoms with Gasteiger partial charge in [-0.25, -0.2) is 4.68 Å². The summed E-state index contributed by atoms with van der Waals surface area (Å²) in [6.45, 7) is 6.04. The number of aromatic nitrogens is 2. The van der Waals surface area contributed by atoms with Gasteiger partial charge in [0.15, 0.2) is 0 Å². The van der Waals surface area contributed by atoms with E-state index in [1.165, 1.54) is 0 Å². The molecule has 2 heterocycles. The maximum absolute atomic E-state index is 11.3. The molecule has 7 nitrogen and oxygen atoms in total. The molecule has 0 radical (unpaired) electrons. The summed E-state index contributed by atoms with van der Waals surface area (Å²) in [7, 11) is 3.46. The van der Waals surface area contributed by atoms with Crippen molar-refractivity contribution in [1.29, 1.82) is 0 Å². The van der Waals surface area contributed by atoms with E-state index in [9.17, 15) is 9.90 Å². The number of aliphatic carboxylic acids is 1. The van der Waals surface area contributed by atoms with Crippen LogP contribution in [0.25, 0.3) is 0 Å². The highest BCUT2D eigenvalue weighted by Gasteiger charge is 2.38. The third-order valence-corrected chi connectivity index (χ3v) is 4.09. The van der Waals surface area contributed by atoms with Crippen molar-refractivity contribution in [3.8, 4) is 5.88 Å². The number of ether oxygens (including phenoxy) is 2. The molecule has 7 heteroatoms. The lowest BCUT2D eigenvalue weighted by atomic mass is 10.0. The normalized spacial score (nSPS) is 22.0. The summed E-state index contributed by atoms with van der Waals surface area (Å²) in [5, 5.41) is 13.7. The number of carbonyl (C=O) groups is 1. The first kappa shape index (κ1) is 15.8. The third kappa shape index (κ3) is 3.03. The largest absolute Gasteiger partial charge is 0.481 e. The molecule has 2 rings (SSSR count). The number of carboxylic acids is 1. The quantitative estimate of drug-likeness (QED) is 0.831. The minimum Gasteiger partial charge on any atom is -0.481 e. The van der Waals surface area contributed by atoms with Crippen molar-refractivity contribution in [2.24, 2.45) is 13.0 Å². The van der Waals surface area contributed by atoms with Crippen molar-refractivity contribution in [3.63, 3.8) is 0 Å². The Balaban J connectivity index is 2.21. The highest BCUT2D eigenvalue weighted by Crippen LogP contribution is 2.27. The fourth-order valence-corrected chi connectivity index (χ4v) is 2.92. The van der Waals surface area contributed by atoms with Crippen LogP contribution >= 0.6 is 0 Å². The Bertz CT molecular complexity index is 515. The topological polar surface area (TPSA) is 76.8 Å². The van der Waals surface area contributed by atoms with Gasteiger partial charge in [-0.2, -0.15) is 5.10 Å². The van der Waals surface area contributed by atoms with Gasteiger partial charge >= 0.3 is 5.97 Å². The molecule has 1 saturated heterocycles. The number of nitrogens with zero attached hydrogens (tertiary/aromatic N) is 3. The summed E-state index contributed by atoms with van der Waals surface area (Å²) >= 11 is 0. The molecule has 0 aromatic carbocycles. The zero-order valence-corrected chi connectivity index (χ0v) is 13.0. The minimum atomic E-state index is -0.800. The molecule has 2 atom stereocenters. The number of likely N-dealkylation sites (N-methyl/N-ethyl adjacent to an activating group) is 1. The first-order valence-corrected chi connectivity index (χ1v) is 7.10. The molecule has 0 saturated carbocycles. The molecule has 21 heavy (non-hydrogen) atoms. The predicted octanol–water partition coefficient (Wildman–Crippen LogP) is 0.659. The van der Waals surface area contributed by atoms with Crippen molar-refractivity contribution in [2.45, 2.75) is 26.4 Å². The van der Waals surface area contributed by atoms with Crippen LogP contribution in [-0.2, 0) is 23.1 Å². The second-order valence-corrected chi connectivity index (χ2v) is 5.31. The summed E-state index contributed by atoms with van der Waals surface area (Å²) in [6.07, 6.45) is 0. The lowest BCUT2D eigenvalue weighted by Gasteiger charge is -2.29. The lowest BCUT2D eigenvalue weighted by Crippen LogP contribution is -2.42. The molecule has 1 N–H and O–H groups in total. The van der Waals surface area contributed by atoms with Gasteiger partial charge in [-0.15, -0.1) is 0 Å². The monoisotopic (exact) mass is 297 g/mol. The van der Waals surface area contributed by atoms with E-state index in [4.69, 9.17) is 9.47 Å². The van der Waals surface area contributed by atoms with E-state index in [0.717, 1.165) is 23.7 Å². The van der Waals surface area contributed by atoms with E-state index in [2.05, 4.69) is 10.00 Å². The summed E-state index contributed by atoms with van der Waals surface area (Å²) < 4.78 is 12.5. The van der Waals surface area contributed by atoms with E-state index >= 15 is 0 Å². The molecule has 2 unspecified atom stereocenters. The lowest BCUT2D eigenvalue weighted by molar-refractivity contribution is -0.143. The fourth-order valence-electron chi connectivity index (χ4n) is 2.92. The molecule has 1 aromatic heterocycles. The second kappa shape index (κ2) is 6.44. The van der Waals surface area contributed by atoms with E-state index in [-0.39, 0.29) is 12.6 Å². The van der Waals surface area contributed by atoms with Gasteiger partial charge in [0.2, 0.25) is 5.88 Å². The second-order valence-electron chi connectivity index (χ2n) is 5.31. The minimum absolute atomic E-state index is 0.114. The van der Waals surface area contributed by atoms with Crippen LogP contribution in [0, 0.1) is 12.8 Å². The molecular weight excluding hydrogens is 274 g/mol. The highest BCUT2D eigenvalue weighted by atomic mass is 16.5. The summed E-state index contributed by atoms with van der Waals surface area (Å²) in [5.74, 6) is -0.560. The third-order valence-electron chi connectivity index (χ3n) is 4.09. The van der Waals surface area contributed by atoms with Crippen LogP contribution < -0.4 is 4.74 Å². The van der Waals surface area contributed by atoms with Crippen molar-refractivity contribution in [2.75, 3.05) is 26.9 Å². The molecule has 1 aliphatic heterocycles. The Kier molecular flexibility index (Phi) is 4.84. The molecule has 0 spiro atoms. The van der Waals surface area contributed by atoms with Gasteiger partial charge in [0.05, 0.1) is 37.5 Å². The van der Waals surface area contributed by atoms with Crippen molar-refractivity contribution in [1.82, 2.24) is 14.7 Å². The van der Waals surface area contributed by atoms with Crippen LogP contribution in [0.5, 0.6) is 5.88 Å². The first-order chi connectivity index (χ1) is 9.99. The van der Waals surface area contributed by atoms with Gasteiger partial charge in [-0.3, -0.25) is 9.69 Å². The van der Waals surface area contributed by atoms with Crippen LogP contribution in [0.1, 0.15) is 18.2 Å². The number of methoxy groups -OCH3 is 1. The Morgan fingerprint density at radius 2 is 2.29 bits per heavy atom. The Labute approximate surface area is 124 Å². The average Bonchev–Trinajstić information content (AvgIpc) is 3.01. The standard InChI is InChI=1S/C14H23N3O4/c1-5-17(12-8-21-7-11(12)14(18)19)6-10-9(2)15-16(3)13(10)20-4/h11-12H,5-8H2,1-4H3,(H,18,19). The number of hydrogen-bond acceptors (Lipinski definition) is 5. The smallest absolute Gasteiger partial charge is 0.310 e. The van der Waals surface area contributed by atoms with E-state index in [1.807, 2.05) is 20.9 Å². The molecule has 0 bridgehead atoms. The molecular formula is C14H23N3O4. The molecule has 0 aliphatic carbocycles. The molecule has 1 aromatic rings. The molecule has 1 fully saturated rings. The van der Waals surface area contributed by atoms with Crippen LogP contribution in [0.15, 0.2) is 0 Å². The van der Waals surface area contributed by atoms with Crippen LogP contribution in [0.2, 0.25) is 0 Å². The first-order valence-electron chi connectivity index (χ1n) is 7.10. The van der Waals surface area contributed by atoms with Crippen molar-refractivity contribution in [3.05, 3.63) is 11.3 Å². The van der Waals surface area contributed by atoms with Gasteiger partial charge in [0, 0.05) is 19.6 Å². The number of carboxylic acid groups (broad SMARTS) is 1. The Morgan fingerprint density at radius 3 is 2.86 bits per heavy atom.